The average molecular weight is 375 g/mol. The molecule has 27 heavy (non-hydrogen) atoms. The van der Waals surface area contributed by atoms with Gasteiger partial charge < -0.3 is 10.4 Å². The average Bonchev–Trinajstić information content (AvgIpc) is 2.70. The van der Waals surface area contributed by atoms with Gasteiger partial charge in [0, 0.05) is 11.3 Å². The van der Waals surface area contributed by atoms with Gasteiger partial charge in [-0.3, -0.25) is 5.43 Å². The standard InChI is InChI=1S/C20H17N5OS/c26-19-12-11-18(24-23-17-9-5-2-6-10-17)13-15(19)14-21-25-20(27)22-16-7-3-1-4-8-16/h1-14,26H,(H2,22,25,27)/b21-14+,24-23?. The molecule has 0 aliphatic heterocycles. The van der Waals surface area contributed by atoms with Crippen molar-refractivity contribution in [2.45, 2.75) is 0 Å². The fraction of sp³-hybridized carbons (Fsp3) is 0. The van der Waals surface area contributed by atoms with Gasteiger partial charge in [0.1, 0.15) is 5.75 Å². The SMILES string of the molecule is Oc1ccc(N=Nc2ccccc2)cc1/C=N/NC(=S)Nc1ccccc1. The molecule has 0 amide bonds. The van der Waals surface area contributed by atoms with Crippen LogP contribution in [0.3, 0.4) is 0 Å². The number of phenols is 1. The summed E-state index contributed by atoms with van der Waals surface area (Å²) in [6, 6.07) is 23.8. The van der Waals surface area contributed by atoms with E-state index in [0.717, 1.165) is 11.4 Å². The highest BCUT2D eigenvalue weighted by Gasteiger charge is 2.01. The van der Waals surface area contributed by atoms with E-state index in [4.69, 9.17) is 12.2 Å². The summed E-state index contributed by atoms with van der Waals surface area (Å²) in [6.07, 6.45) is 1.47. The molecule has 3 rings (SSSR count). The Kier molecular flexibility index (Phi) is 6.21. The molecule has 0 aliphatic carbocycles. The molecule has 0 bridgehead atoms. The smallest absolute Gasteiger partial charge is 0.191 e. The molecule has 0 atom stereocenters. The van der Waals surface area contributed by atoms with Gasteiger partial charge in [0.2, 0.25) is 0 Å². The number of nitrogens with zero attached hydrogens (tertiary/aromatic N) is 3. The summed E-state index contributed by atoms with van der Waals surface area (Å²) in [5.41, 5.74) is 5.41. The molecule has 3 aromatic rings. The lowest BCUT2D eigenvalue weighted by Crippen LogP contribution is -2.23. The molecule has 7 heteroatoms. The summed E-state index contributed by atoms with van der Waals surface area (Å²) in [7, 11) is 0. The maximum atomic E-state index is 9.98. The minimum atomic E-state index is 0.0844. The number of hydrogen-bond donors (Lipinski definition) is 3. The van der Waals surface area contributed by atoms with Crippen LogP contribution in [0.15, 0.2) is 94.2 Å². The van der Waals surface area contributed by atoms with E-state index < -0.39 is 0 Å². The Morgan fingerprint density at radius 2 is 1.52 bits per heavy atom. The van der Waals surface area contributed by atoms with E-state index in [1.165, 1.54) is 6.21 Å². The highest BCUT2D eigenvalue weighted by Crippen LogP contribution is 2.23. The number of hydrogen-bond acceptors (Lipinski definition) is 5. The first-order valence-corrected chi connectivity index (χ1v) is 8.56. The highest BCUT2D eigenvalue weighted by atomic mass is 32.1. The van der Waals surface area contributed by atoms with Gasteiger partial charge in [-0.15, -0.1) is 0 Å². The lowest BCUT2D eigenvalue weighted by molar-refractivity contribution is 0.474. The first kappa shape index (κ1) is 18.2. The van der Waals surface area contributed by atoms with E-state index in [9.17, 15) is 5.11 Å². The molecule has 3 N–H and O–H groups in total. The molecular weight excluding hydrogens is 358 g/mol. The van der Waals surface area contributed by atoms with Crippen LogP contribution in [0.5, 0.6) is 5.75 Å². The predicted molar refractivity (Wildman–Crippen MR) is 112 cm³/mol. The van der Waals surface area contributed by atoms with Crippen molar-refractivity contribution < 1.29 is 5.11 Å². The van der Waals surface area contributed by atoms with Crippen molar-refractivity contribution in [1.29, 1.82) is 0 Å². The normalized spacial score (nSPS) is 11.0. The second-order valence-electron chi connectivity index (χ2n) is 5.47. The molecule has 134 valence electrons. The molecule has 0 spiro atoms. The van der Waals surface area contributed by atoms with Gasteiger partial charge in [-0.05, 0) is 54.7 Å². The van der Waals surface area contributed by atoms with Crippen molar-refractivity contribution in [2.24, 2.45) is 15.3 Å². The predicted octanol–water partition coefficient (Wildman–Crippen LogP) is 5.13. The van der Waals surface area contributed by atoms with Crippen molar-refractivity contribution >= 4 is 40.6 Å². The van der Waals surface area contributed by atoms with E-state index >= 15 is 0 Å². The minimum absolute atomic E-state index is 0.0844. The third-order valence-electron chi connectivity index (χ3n) is 3.45. The number of rotatable bonds is 5. The van der Waals surface area contributed by atoms with Gasteiger partial charge in [-0.1, -0.05) is 36.4 Å². The minimum Gasteiger partial charge on any atom is -0.507 e. The van der Waals surface area contributed by atoms with Crippen molar-refractivity contribution in [2.75, 3.05) is 5.32 Å². The van der Waals surface area contributed by atoms with Crippen molar-refractivity contribution in [3.63, 3.8) is 0 Å². The number of para-hydroxylation sites is 1. The van der Waals surface area contributed by atoms with E-state index in [1.807, 2.05) is 60.7 Å². The Bertz CT molecular complexity index is 959. The molecule has 0 fully saturated rings. The van der Waals surface area contributed by atoms with Crippen LogP contribution in [0.25, 0.3) is 0 Å². The first-order valence-electron chi connectivity index (χ1n) is 8.15. The summed E-state index contributed by atoms with van der Waals surface area (Å²) in [4.78, 5) is 0. The zero-order chi connectivity index (χ0) is 18.9. The van der Waals surface area contributed by atoms with Crippen LogP contribution in [-0.4, -0.2) is 16.4 Å². The summed E-state index contributed by atoms with van der Waals surface area (Å²) in [6.45, 7) is 0. The quantitative estimate of drug-likeness (QED) is 0.250. The number of thiocarbonyl (C=S) groups is 1. The Morgan fingerprint density at radius 3 is 2.26 bits per heavy atom. The molecule has 0 unspecified atom stereocenters. The van der Waals surface area contributed by atoms with Gasteiger partial charge in [-0.25, -0.2) is 0 Å². The maximum Gasteiger partial charge on any atom is 0.191 e. The Labute approximate surface area is 162 Å². The zero-order valence-electron chi connectivity index (χ0n) is 14.3. The third kappa shape index (κ3) is 5.72. The number of phenolic OH excluding ortho intramolecular Hbond substituents is 1. The van der Waals surface area contributed by atoms with Gasteiger partial charge >= 0.3 is 0 Å². The molecule has 6 nitrogen and oxygen atoms in total. The second kappa shape index (κ2) is 9.21. The Morgan fingerprint density at radius 1 is 0.852 bits per heavy atom. The third-order valence-corrected chi connectivity index (χ3v) is 3.64. The number of anilines is 1. The van der Waals surface area contributed by atoms with Gasteiger partial charge in [0.25, 0.3) is 0 Å². The van der Waals surface area contributed by atoms with E-state index in [1.54, 1.807) is 18.2 Å². The Hall–Kier alpha value is -3.58. The summed E-state index contributed by atoms with van der Waals surface area (Å²) >= 11 is 5.17. The molecule has 0 heterocycles. The Balaban J connectivity index is 1.63. The molecule has 0 saturated carbocycles. The van der Waals surface area contributed by atoms with Crippen LogP contribution in [-0.2, 0) is 0 Å². The molecule has 3 aromatic carbocycles. The van der Waals surface area contributed by atoms with E-state index in [-0.39, 0.29) is 5.75 Å². The number of azo groups is 1. The van der Waals surface area contributed by atoms with Crippen molar-refractivity contribution in [1.82, 2.24) is 5.43 Å². The number of nitrogens with one attached hydrogen (secondary N) is 2. The second-order valence-corrected chi connectivity index (χ2v) is 5.88. The molecule has 0 saturated heterocycles. The first-order chi connectivity index (χ1) is 13.2. The summed E-state index contributed by atoms with van der Waals surface area (Å²) < 4.78 is 0. The van der Waals surface area contributed by atoms with Crippen LogP contribution < -0.4 is 10.7 Å². The van der Waals surface area contributed by atoms with Crippen LogP contribution in [0.4, 0.5) is 17.1 Å². The number of aromatic hydroxyl groups is 1. The molecular formula is C20H17N5OS. The number of benzene rings is 3. The van der Waals surface area contributed by atoms with Crippen molar-refractivity contribution in [3.8, 4) is 5.75 Å². The molecule has 0 radical (unpaired) electrons. The van der Waals surface area contributed by atoms with E-state index in [0.29, 0.717) is 16.4 Å². The van der Waals surface area contributed by atoms with E-state index in [2.05, 4.69) is 26.1 Å². The zero-order valence-corrected chi connectivity index (χ0v) is 15.1. The molecule has 0 aromatic heterocycles. The van der Waals surface area contributed by atoms with Gasteiger partial charge in [0.05, 0.1) is 17.6 Å². The lowest BCUT2D eigenvalue weighted by atomic mass is 10.2. The highest BCUT2D eigenvalue weighted by molar-refractivity contribution is 7.80. The lowest BCUT2D eigenvalue weighted by Gasteiger charge is -2.06. The van der Waals surface area contributed by atoms with Crippen LogP contribution in [0, 0.1) is 0 Å². The topological polar surface area (TPSA) is 81.4 Å². The monoisotopic (exact) mass is 375 g/mol. The fourth-order valence-electron chi connectivity index (χ4n) is 2.16. The van der Waals surface area contributed by atoms with Crippen molar-refractivity contribution in [3.05, 3.63) is 84.4 Å². The molecule has 0 aliphatic rings. The maximum absolute atomic E-state index is 9.98. The summed E-state index contributed by atoms with van der Waals surface area (Å²) in [5, 5.41) is 25.7. The van der Waals surface area contributed by atoms with Crippen LogP contribution >= 0.6 is 12.2 Å². The van der Waals surface area contributed by atoms with Crippen LogP contribution in [0.2, 0.25) is 0 Å². The number of hydrazone groups is 1. The summed E-state index contributed by atoms with van der Waals surface area (Å²) in [5.74, 6) is 0.0844. The van der Waals surface area contributed by atoms with Crippen LogP contribution in [0.1, 0.15) is 5.56 Å². The largest absolute Gasteiger partial charge is 0.507 e. The van der Waals surface area contributed by atoms with Gasteiger partial charge in [0.15, 0.2) is 5.11 Å². The fourth-order valence-corrected chi connectivity index (χ4v) is 2.33. The van der Waals surface area contributed by atoms with Gasteiger partial charge in [-0.2, -0.15) is 15.3 Å².